The first-order valence-electron chi connectivity index (χ1n) is 9.55. The zero-order valence-electron chi connectivity index (χ0n) is 16.7. The summed E-state index contributed by atoms with van der Waals surface area (Å²) in [5.41, 5.74) is 2.53. The number of aryl methyl sites for hydroxylation is 1. The normalized spacial score (nSPS) is 16.7. The molecule has 0 saturated carbocycles. The monoisotopic (exact) mass is 406 g/mol. The number of carbonyl (C=O) groups excluding carboxylic acids is 1. The maximum atomic E-state index is 12.7. The predicted octanol–water partition coefficient (Wildman–Crippen LogP) is 5.83. The molecule has 0 saturated heterocycles. The highest BCUT2D eigenvalue weighted by Gasteiger charge is 2.30. The first kappa shape index (κ1) is 21.0. The molecular weight excluding hydrogens is 381 g/mol. The van der Waals surface area contributed by atoms with Crippen LogP contribution in [-0.2, 0) is 23.8 Å². The van der Waals surface area contributed by atoms with Gasteiger partial charge < -0.3 is 15.4 Å². The van der Waals surface area contributed by atoms with E-state index in [2.05, 4.69) is 10.6 Å². The third-order valence-corrected chi connectivity index (χ3v) is 4.66. The smallest absolute Gasteiger partial charge is 0.416 e. The van der Waals surface area contributed by atoms with Gasteiger partial charge in [0.05, 0.1) is 5.56 Å². The minimum absolute atomic E-state index is 0.0195. The van der Waals surface area contributed by atoms with Crippen LogP contribution >= 0.6 is 0 Å². The van der Waals surface area contributed by atoms with Crippen molar-refractivity contribution >= 4 is 17.5 Å². The van der Waals surface area contributed by atoms with Gasteiger partial charge in [0.1, 0.15) is 5.60 Å². The van der Waals surface area contributed by atoms with Crippen molar-refractivity contribution in [2.75, 3.05) is 5.32 Å². The van der Waals surface area contributed by atoms with Gasteiger partial charge in [-0.3, -0.25) is 0 Å². The summed E-state index contributed by atoms with van der Waals surface area (Å²) in [6.45, 7) is 5.48. The van der Waals surface area contributed by atoms with E-state index in [1.165, 1.54) is 17.7 Å². The Balaban J connectivity index is 1.62. The Morgan fingerprint density at radius 2 is 1.66 bits per heavy atom. The SMILES string of the molecule is CC(C)(C)OC(=O)N[C@H]1CCc2cc(Nc3ccc(C(F)(F)F)cc3)ccc2C1. The second-order valence-electron chi connectivity index (χ2n) is 8.27. The van der Waals surface area contributed by atoms with Gasteiger partial charge >= 0.3 is 12.3 Å². The molecule has 1 amide bonds. The summed E-state index contributed by atoms with van der Waals surface area (Å²) in [4.78, 5) is 12.0. The zero-order chi connectivity index (χ0) is 21.2. The average Bonchev–Trinajstić information content (AvgIpc) is 2.60. The highest BCUT2D eigenvalue weighted by molar-refractivity contribution is 5.68. The average molecular weight is 406 g/mol. The summed E-state index contributed by atoms with van der Waals surface area (Å²) in [5.74, 6) is 0. The molecule has 0 aliphatic heterocycles. The van der Waals surface area contributed by atoms with Crippen LogP contribution in [0.2, 0.25) is 0 Å². The number of benzene rings is 2. The number of alkyl halides is 3. The molecule has 1 atom stereocenters. The summed E-state index contributed by atoms with van der Waals surface area (Å²) in [6, 6.07) is 10.9. The number of alkyl carbamates (subject to hydrolysis) is 1. The largest absolute Gasteiger partial charge is 0.444 e. The topological polar surface area (TPSA) is 50.4 Å². The molecule has 0 spiro atoms. The van der Waals surface area contributed by atoms with Crippen LogP contribution in [0.15, 0.2) is 42.5 Å². The maximum Gasteiger partial charge on any atom is 0.416 e. The number of hydrogen-bond donors (Lipinski definition) is 2. The molecule has 2 aromatic rings. The van der Waals surface area contributed by atoms with Gasteiger partial charge in [0.25, 0.3) is 0 Å². The molecule has 2 aromatic carbocycles. The lowest BCUT2D eigenvalue weighted by Crippen LogP contribution is -2.41. The Morgan fingerprint density at radius 3 is 2.28 bits per heavy atom. The molecule has 29 heavy (non-hydrogen) atoms. The van der Waals surface area contributed by atoms with Gasteiger partial charge in [-0.25, -0.2) is 4.79 Å². The highest BCUT2D eigenvalue weighted by atomic mass is 19.4. The number of hydrogen-bond acceptors (Lipinski definition) is 3. The Hall–Kier alpha value is -2.70. The highest BCUT2D eigenvalue weighted by Crippen LogP contribution is 2.31. The Labute approximate surface area is 168 Å². The van der Waals surface area contributed by atoms with Crippen LogP contribution < -0.4 is 10.6 Å². The van der Waals surface area contributed by atoms with E-state index in [1.807, 2.05) is 39.0 Å². The van der Waals surface area contributed by atoms with Crippen molar-refractivity contribution in [3.05, 3.63) is 59.2 Å². The summed E-state index contributed by atoms with van der Waals surface area (Å²) < 4.78 is 43.3. The first-order valence-corrected chi connectivity index (χ1v) is 9.55. The first-order chi connectivity index (χ1) is 13.5. The summed E-state index contributed by atoms with van der Waals surface area (Å²) in [6.07, 6.45) is -2.43. The van der Waals surface area contributed by atoms with Crippen LogP contribution in [0.5, 0.6) is 0 Å². The van der Waals surface area contributed by atoms with Crippen molar-refractivity contribution in [3.63, 3.8) is 0 Å². The van der Waals surface area contributed by atoms with Crippen molar-refractivity contribution < 1.29 is 22.7 Å². The molecule has 3 rings (SSSR count). The van der Waals surface area contributed by atoms with Crippen molar-refractivity contribution in [1.82, 2.24) is 5.32 Å². The molecule has 1 aliphatic rings. The maximum absolute atomic E-state index is 12.7. The molecule has 0 radical (unpaired) electrons. The molecule has 156 valence electrons. The number of carbonyl (C=O) groups is 1. The zero-order valence-corrected chi connectivity index (χ0v) is 16.7. The van der Waals surface area contributed by atoms with Crippen LogP contribution in [0, 0.1) is 0 Å². The summed E-state index contributed by atoms with van der Waals surface area (Å²) >= 11 is 0. The number of ether oxygens (including phenoxy) is 1. The molecular formula is C22H25F3N2O2. The molecule has 7 heteroatoms. The molecule has 1 aliphatic carbocycles. The Morgan fingerprint density at radius 1 is 1.00 bits per heavy atom. The molecule has 0 bridgehead atoms. The number of amides is 1. The fraction of sp³-hybridized carbons (Fsp3) is 0.409. The lowest BCUT2D eigenvalue weighted by Gasteiger charge is -2.27. The van der Waals surface area contributed by atoms with Crippen molar-refractivity contribution in [3.8, 4) is 0 Å². The van der Waals surface area contributed by atoms with Crippen molar-refractivity contribution in [1.29, 1.82) is 0 Å². The minimum atomic E-state index is -4.34. The van der Waals surface area contributed by atoms with E-state index in [9.17, 15) is 18.0 Å². The number of fused-ring (bicyclic) bond motifs is 1. The summed E-state index contributed by atoms with van der Waals surface area (Å²) in [5, 5.41) is 6.06. The van der Waals surface area contributed by atoms with E-state index in [0.29, 0.717) is 5.69 Å². The van der Waals surface area contributed by atoms with Crippen LogP contribution in [0.1, 0.15) is 43.9 Å². The van der Waals surface area contributed by atoms with Gasteiger partial charge in [-0.1, -0.05) is 6.07 Å². The molecule has 0 fully saturated rings. The molecule has 0 aromatic heterocycles. The van der Waals surface area contributed by atoms with Crippen molar-refractivity contribution in [2.45, 2.75) is 57.9 Å². The lowest BCUT2D eigenvalue weighted by atomic mass is 9.88. The van der Waals surface area contributed by atoms with E-state index in [-0.39, 0.29) is 6.04 Å². The molecule has 0 heterocycles. The molecule has 2 N–H and O–H groups in total. The quantitative estimate of drug-likeness (QED) is 0.674. The lowest BCUT2D eigenvalue weighted by molar-refractivity contribution is -0.137. The fourth-order valence-electron chi connectivity index (χ4n) is 3.34. The van der Waals surface area contributed by atoms with Gasteiger partial charge in [-0.05, 0) is 87.6 Å². The fourth-order valence-corrected chi connectivity index (χ4v) is 3.34. The Kier molecular flexibility index (Phi) is 5.78. The van der Waals surface area contributed by atoms with Crippen LogP contribution in [-0.4, -0.2) is 17.7 Å². The van der Waals surface area contributed by atoms with Gasteiger partial charge in [0.15, 0.2) is 0 Å². The molecule has 0 unspecified atom stereocenters. The van der Waals surface area contributed by atoms with Gasteiger partial charge in [0, 0.05) is 17.4 Å². The van der Waals surface area contributed by atoms with E-state index in [1.54, 1.807) is 0 Å². The van der Waals surface area contributed by atoms with Gasteiger partial charge in [-0.15, -0.1) is 0 Å². The number of halogens is 3. The number of rotatable bonds is 3. The third kappa shape index (κ3) is 5.89. The minimum Gasteiger partial charge on any atom is -0.444 e. The number of nitrogens with one attached hydrogen (secondary N) is 2. The second kappa shape index (κ2) is 7.97. The molecule has 4 nitrogen and oxygen atoms in total. The van der Waals surface area contributed by atoms with Gasteiger partial charge in [0.2, 0.25) is 0 Å². The van der Waals surface area contributed by atoms with E-state index < -0.39 is 23.4 Å². The Bertz CT molecular complexity index is 871. The van der Waals surface area contributed by atoms with Crippen LogP contribution in [0.3, 0.4) is 0 Å². The number of anilines is 2. The van der Waals surface area contributed by atoms with Crippen LogP contribution in [0.25, 0.3) is 0 Å². The van der Waals surface area contributed by atoms with E-state index in [0.717, 1.165) is 42.6 Å². The van der Waals surface area contributed by atoms with Gasteiger partial charge in [-0.2, -0.15) is 13.2 Å². The second-order valence-corrected chi connectivity index (χ2v) is 8.27. The van der Waals surface area contributed by atoms with E-state index >= 15 is 0 Å². The third-order valence-electron chi connectivity index (χ3n) is 4.66. The summed E-state index contributed by atoms with van der Waals surface area (Å²) in [7, 11) is 0. The predicted molar refractivity (Wildman–Crippen MR) is 106 cm³/mol. The standard InChI is InChI=1S/C22H25F3N2O2/c1-21(2,3)29-20(28)27-19-9-5-14-12-18(8-4-15(14)13-19)26-17-10-6-16(7-11-17)22(23,24)25/h4,6-8,10-12,19,26H,5,9,13H2,1-3H3,(H,27,28)/t19-/m0/s1. The van der Waals surface area contributed by atoms with Crippen LogP contribution in [0.4, 0.5) is 29.3 Å². The van der Waals surface area contributed by atoms with Crippen molar-refractivity contribution in [2.24, 2.45) is 0 Å². The van der Waals surface area contributed by atoms with E-state index in [4.69, 9.17) is 4.74 Å².